The lowest BCUT2D eigenvalue weighted by Crippen LogP contribution is -2.60. The number of hydrogen-bond acceptors (Lipinski definition) is 10. The number of hydrogen-bond donors (Lipinski definition) is 8. The van der Waals surface area contributed by atoms with Crippen molar-refractivity contribution in [3.63, 3.8) is 0 Å². The molecule has 11 heteroatoms. The first-order valence-electron chi connectivity index (χ1n) is 20.9. The van der Waals surface area contributed by atoms with Crippen LogP contribution < -0.4 is 5.32 Å². The lowest BCUT2D eigenvalue weighted by molar-refractivity contribution is -0.303. The first kappa shape index (κ1) is 49.3. The molecule has 53 heavy (non-hydrogen) atoms. The average Bonchev–Trinajstić information content (AvgIpc) is 3.16. The van der Waals surface area contributed by atoms with E-state index < -0.39 is 74.2 Å². The van der Waals surface area contributed by atoms with Gasteiger partial charge in [0.05, 0.1) is 25.4 Å². The fourth-order valence-electron chi connectivity index (χ4n) is 6.33. The Bertz CT molecular complexity index is 960. The average molecular weight is 756 g/mol. The standard InChI is InChI=1S/C42H77NO10/c1-3-5-7-9-11-13-15-17-18-20-21-23-25-27-29-34(45)37(47)33(32-52-42-40(50)39(49)38(48)36(31-44)53-42)43-41(51)35(46)30-28-26-24-22-19-16-14-12-10-8-6-4-2/h15,17,19,21-23,33-40,42,44-50H,3-14,16,18,20,24-32H2,1-2H3,(H,43,51)/b17-15+,22-19-,23-21+. The summed E-state index contributed by atoms with van der Waals surface area (Å²) < 4.78 is 11.0. The normalized spacial score (nSPS) is 23.2. The zero-order valence-corrected chi connectivity index (χ0v) is 33.0. The number of ether oxygens (including phenoxy) is 2. The first-order chi connectivity index (χ1) is 25.7. The fourth-order valence-corrected chi connectivity index (χ4v) is 6.33. The van der Waals surface area contributed by atoms with Crippen LogP contribution in [0.1, 0.15) is 155 Å². The van der Waals surface area contributed by atoms with Crippen LogP contribution in [0, 0.1) is 0 Å². The van der Waals surface area contributed by atoms with Crippen LogP contribution in [-0.2, 0) is 14.3 Å². The van der Waals surface area contributed by atoms with Gasteiger partial charge < -0.3 is 50.5 Å². The molecule has 1 amide bonds. The predicted octanol–water partition coefficient (Wildman–Crippen LogP) is 5.66. The van der Waals surface area contributed by atoms with E-state index in [0.29, 0.717) is 19.3 Å². The molecule has 1 heterocycles. The number of aliphatic hydroxyl groups is 7. The minimum Gasteiger partial charge on any atom is -0.394 e. The Morgan fingerprint density at radius 2 is 1.13 bits per heavy atom. The Morgan fingerprint density at radius 1 is 0.642 bits per heavy atom. The van der Waals surface area contributed by atoms with Gasteiger partial charge in [-0.2, -0.15) is 0 Å². The Morgan fingerprint density at radius 3 is 1.68 bits per heavy atom. The highest BCUT2D eigenvalue weighted by Gasteiger charge is 2.44. The summed E-state index contributed by atoms with van der Waals surface area (Å²) >= 11 is 0. The number of carbonyl (C=O) groups is 1. The summed E-state index contributed by atoms with van der Waals surface area (Å²) in [6, 6.07) is -1.20. The topological polar surface area (TPSA) is 189 Å². The van der Waals surface area contributed by atoms with Gasteiger partial charge in [0.2, 0.25) is 5.91 Å². The first-order valence-corrected chi connectivity index (χ1v) is 20.9. The van der Waals surface area contributed by atoms with E-state index in [0.717, 1.165) is 38.5 Å². The maximum absolute atomic E-state index is 13.0. The van der Waals surface area contributed by atoms with Crippen molar-refractivity contribution < 1.29 is 50.0 Å². The summed E-state index contributed by atoms with van der Waals surface area (Å²) in [6.45, 7) is 3.35. The maximum Gasteiger partial charge on any atom is 0.249 e. The van der Waals surface area contributed by atoms with Gasteiger partial charge in [-0.05, 0) is 77.0 Å². The van der Waals surface area contributed by atoms with Crippen molar-refractivity contribution >= 4 is 5.91 Å². The van der Waals surface area contributed by atoms with Crippen LogP contribution in [0.25, 0.3) is 0 Å². The summed E-state index contributed by atoms with van der Waals surface area (Å²) in [6.07, 6.45) is 23.5. The molecule has 1 aliphatic heterocycles. The molecule has 1 rings (SSSR count). The maximum atomic E-state index is 13.0. The molecule has 0 spiro atoms. The number of nitrogens with one attached hydrogen (secondary N) is 1. The van der Waals surface area contributed by atoms with E-state index in [2.05, 4.69) is 55.6 Å². The second-order valence-corrected chi connectivity index (χ2v) is 14.7. The molecular weight excluding hydrogens is 678 g/mol. The van der Waals surface area contributed by atoms with Crippen LogP contribution in [0.15, 0.2) is 36.5 Å². The van der Waals surface area contributed by atoms with E-state index in [1.807, 2.05) is 0 Å². The number of allylic oxidation sites excluding steroid dienone is 6. The molecule has 1 fully saturated rings. The van der Waals surface area contributed by atoms with Crippen LogP contribution in [0.4, 0.5) is 0 Å². The number of unbranched alkanes of at least 4 members (excludes halogenated alkanes) is 15. The van der Waals surface area contributed by atoms with E-state index in [9.17, 15) is 40.5 Å². The number of carbonyl (C=O) groups excluding carboxylic acids is 1. The molecule has 310 valence electrons. The molecule has 0 aliphatic carbocycles. The van der Waals surface area contributed by atoms with Gasteiger partial charge in [-0.15, -0.1) is 0 Å². The Balaban J connectivity index is 2.59. The monoisotopic (exact) mass is 756 g/mol. The van der Waals surface area contributed by atoms with E-state index in [-0.39, 0.29) is 12.8 Å². The highest BCUT2D eigenvalue weighted by molar-refractivity contribution is 5.80. The lowest BCUT2D eigenvalue weighted by Gasteiger charge is -2.40. The molecule has 0 aromatic heterocycles. The van der Waals surface area contributed by atoms with Gasteiger partial charge in [0.1, 0.15) is 36.6 Å². The fraction of sp³-hybridized carbons (Fsp3) is 0.833. The van der Waals surface area contributed by atoms with Gasteiger partial charge >= 0.3 is 0 Å². The van der Waals surface area contributed by atoms with Crippen molar-refractivity contribution in [2.45, 2.75) is 210 Å². The number of rotatable bonds is 33. The third kappa shape index (κ3) is 23.1. The zero-order valence-electron chi connectivity index (χ0n) is 33.0. The lowest BCUT2D eigenvalue weighted by atomic mass is 9.98. The predicted molar refractivity (Wildman–Crippen MR) is 210 cm³/mol. The van der Waals surface area contributed by atoms with E-state index in [1.165, 1.54) is 70.6 Å². The SMILES string of the molecule is CCCCCCC/C=C/CC/C=C/CCCC(O)C(O)C(COC1OC(CO)C(O)C(O)C1O)NC(=O)C(O)CCCC/C=C\CCCCCCCC. The van der Waals surface area contributed by atoms with Crippen molar-refractivity contribution in [2.75, 3.05) is 13.2 Å². The van der Waals surface area contributed by atoms with Gasteiger partial charge in [-0.1, -0.05) is 115 Å². The van der Waals surface area contributed by atoms with Crippen molar-refractivity contribution in [2.24, 2.45) is 0 Å². The summed E-state index contributed by atoms with van der Waals surface area (Å²) in [5.74, 6) is -0.731. The van der Waals surface area contributed by atoms with E-state index in [4.69, 9.17) is 9.47 Å². The van der Waals surface area contributed by atoms with Crippen LogP contribution in [0.5, 0.6) is 0 Å². The minimum atomic E-state index is -1.67. The third-order valence-electron chi connectivity index (χ3n) is 9.89. The molecule has 0 bridgehead atoms. The molecule has 1 saturated heterocycles. The number of aliphatic hydroxyl groups excluding tert-OH is 7. The Kier molecular flexibility index (Phi) is 30.3. The smallest absolute Gasteiger partial charge is 0.249 e. The van der Waals surface area contributed by atoms with Gasteiger partial charge in [0.15, 0.2) is 6.29 Å². The van der Waals surface area contributed by atoms with E-state index >= 15 is 0 Å². The van der Waals surface area contributed by atoms with Gasteiger partial charge in [-0.3, -0.25) is 4.79 Å². The molecule has 0 radical (unpaired) electrons. The summed E-state index contributed by atoms with van der Waals surface area (Å²) in [5.41, 5.74) is 0. The van der Waals surface area contributed by atoms with Crippen LogP contribution in [0.2, 0.25) is 0 Å². The summed E-state index contributed by atoms with van der Waals surface area (Å²) in [4.78, 5) is 13.0. The van der Waals surface area contributed by atoms with Crippen molar-refractivity contribution in [3.05, 3.63) is 36.5 Å². The van der Waals surface area contributed by atoms with Crippen molar-refractivity contribution in [1.82, 2.24) is 5.32 Å². The molecule has 8 N–H and O–H groups in total. The van der Waals surface area contributed by atoms with Gasteiger partial charge in [-0.25, -0.2) is 0 Å². The largest absolute Gasteiger partial charge is 0.394 e. The molecule has 0 aromatic rings. The van der Waals surface area contributed by atoms with E-state index in [1.54, 1.807) is 0 Å². The Hall–Kier alpha value is -1.67. The highest BCUT2D eigenvalue weighted by atomic mass is 16.7. The zero-order chi connectivity index (χ0) is 39.1. The van der Waals surface area contributed by atoms with Gasteiger partial charge in [0, 0.05) is 0 Å². The third-order valence-corrected chi connectivity index (χ3v) is 9.89. The van der Waals surface area contributed by atoms with Gasteiger partial charge in [0.25, 0.3) is 0 Å². The highest BCUT2D eigenvalue weighted by Crippen LogP contribution is 2.23. The quantitative estimate of drug-likeness (QED) is 0.0307. The second kappa shape index (κ2) is 32.6. The molecule has 1 aliphatic rings. The molecule has 0 saturated carbocycles. The molecule has 9 unspecified atom stereocenters. The van der Waals surface area contributed by atoms with Crippen molar-refractivity contribution in [1.29, 1.82) is 0 Å². The summed E-state index contributed by atoms with van der Waals surface area (Å²) in [7, 11) is 0. The molecule has 9 atom stereocenters. The van der Waals surface area contributed by atoms with Crippen LogP contribution in [0.3, 0.4) is 0 Å². The van der Waals surface area contributed by atoms with Crippen LogP contribution in [-0.4, -0.2) is 110 Å². The Labute approximate surface area is 320 Å². The number of amides is 1. The minimum absolute atomic E-state index is 0.219. The molecule has 0 aromatic carbocycles. The van der Waals surface area contributed by atoms with Crippen LogP contribution >= 0.6 is 0 Å². The molecular formula is C42H77NO10. The second-order valence-electron chi connectivity index (χ2n) is 14.7. The molecule has 11 nitrogen and oxygen atoms in total. The van der Waals surface area contributed by atoms with Crippen molar-refractivity contribution in [3.8, 4) is 0 Å². The summed E-state index contributed by atoms with van der Waals surface area (Å²) in [5, 5.41) is 75.3.